The summed E-state index contributed by atoms with van der Waals surface area (Å²) in [6.07, 6.45) is 5.23. The molecule has 2 aliphatic heterocycles. The number of likely N-dealkylation sites (N-methyl/N-ethyl adjacent to an activating group) is 1. The van der Waals surface area contributed by atoms with Gasteiger partial charge in [0.25, 0.3) is 11.8 Å². The minimum atomic E-state index is -2.02. The Morgan fingerprint density at radius 2 is 1.22 bits per heavy atom. The number of nitrogens with one attached hydrogen (secondary N) is 2. The van der Waals surface area contributed by atoms with Crippen LogP contribution in [0.5, 0.6) is 0 Å². The fourth-order valence-corrected chi connectivity index (χ4v) is 8.28. The average Bonchev–Trinajstić information content (AvgIpc) is 4.08. The summed E-state index contributed by atoms with van der Waals surface area (Å²) in [6.45, 7) is 2.28. The molecule has 0 saturated carbocycles. The number of carboxylic acid groups (broad SMARTS) is 1. The summed E-state index contributed by atoms with van der Waals surface area (Å²) in [4.78, 5) is 60.0. The molecular formula is C45H44FN7O5. The van der Waals surface area contributed by atoms with E-state index in [9.17, 15) is 29.0 Å². The van der Waals surface area contributed by atoms with Crippen LogP contribution in [0.2, 0.25) is 0 Å². The quantitative estimate of drug-likeness (QED) is 0.110. The van der Waals surface area contributed by atoms with Crippen molar-refractivity contribution in [2.45, 2.75) is 56.3 Å². The predicted octanol–water partition coefficient (Wildman–Crippen LogP) is 7.86. The van der Waals surface area contributed by atoms with Crippen molar-refractivity contribution in [1.82, 2.24) is 34.6 Å². The standard InChI is InChI=1S/C45H44FN7O5/c1-45(58,33-12-6-7-13-34(33)46)43(55)53-25-9-15-38(53)41-48-27-36(50-41)31-22-18-29(19-23-31)28-16-20-30(21-17-28)35-26-47-40(49-35)37-14-8-24-52(37)42(54)39(51(2)44(56)57)32-10-4-3-5-11-32/h3-7,10-13,16-23,26-27,37-39,58H,8-9,14-15,24-25H2,1-2H3,(H,47,49)(H,48,50)(H,56,57)/t37-,38-,39+,45-/m0/s1. The molecule has 2 aromatic heterocycles. The van der Waals surface area contributed by atoms with Crippen LogP contribution in [0.25, 0.3) is 33.6 Å². The molecule has 0 spiro atoms. The van der Waals surface area contributed by atoms with E-state index in [2.05, 4.69) is 19.9 Å². The van der Waals surface area contributed by atoms with Gasteiger partial charge < -0.3 is 30.0 Å². The summed E-state index contributed by atoms with van der Waals surface area (Å²) in [5.41, 5.74) is 4.03. The molecule has 4 heterocycles. The van der Waals surface area contributed by atoms with Crippen LogP contribution < -0.4 is 0 Å². The van der Waals surface area contributed by atoms with Gasteiger partial charge in [0.1, 0.15) is 23.5 Å². The number of nitrogens with zero attached hydrogens (tertiary/aromatic N) is 5. The van der Waals surface area contributed by atoms with Crippen LogP contribution in [0.1, 0.15) is 73.5 Å². The Bertz CT molecular complexity index is 2430. The van der Waals surface area contributed by atoms with E-state index in [-0.39, 0.29) is 23.6 Å². The number of carbonyl (C=O) groups is 3. The SMILES string of the molecule is CN(C(=O)O)[C@@H](C(=O)N1CCC[C@H]1c1ncc(-c2ccc(-c3ccc(-c4cnc([C@@H]5CCCN5C(=O)[C@@](C)(O)c5ccccc5F)[nH]4)cc3)cc2)[nH]1)c1ccccc1. The van der Waals surface area contributed by atoms with Crippen LogP contribution in [-0.4, -0.2) is 82.9 Å². The number of H-pyrrole nitrogens is 2. The molecule has 8 rings (SSSR count). The van der Waals surface area contributed by atoms with Gasteiger partial charge in [0, 0.05) is 25.7 Å². The molecule has 13 heteroatoms. The lowest BCUT2D eigenvalue weighted by Crippen LogP contribution is -2.45. The van der Waals surface area contributed by atoms with Gasteiger partial charge in [-0.1, -0.05) is 97.1 Å². The number of amides is 3. The highest BCUT2D eigenvalue weighted by atomic mass is 19.1. The molecule has 4 aromatic carbocycles. The van der Waals surface area contributed by atoms with Gasteiger partial charge in [-0.05, 0) is 66.5 Å². The Hall–Kier alpha value is -6.60. The number of carbonyl (C=O) groups excluding carboxylic acids is 2. The number of hydrogen-bond donors (Lipinski definition) is 4. The predicted molar refractivity (Wildman–Crippen MR) is 215 cm³/mol. The molecule has 4 atom stereocenters. The van der Waals surface area contributed by atoms with Gasteiger partial charge in [0.2, 0.25) is 0 Å². The number of halogens is 1. The highest BCUT2D eigenvalue weighted by molar-refractivity contribution is 5.87. The number of benzene rings is 4. The monoisotopic (exact) mass is 781 g/mol. The Kier molecular flexibility index (Phi) is 10.4. The minimum absolute atomic E-state index is 0.0560. The van der Waals surface area contributed by atoms with E-state index in [0.717, 1.165) is 51.4 Å². The van der Waals surface area contributed by atoms with Crippen molar-refractivity contribution in [3.8, 4) is 33.6 Å². The van der Waals surface area contributed by atoms with E-state index < -0.39 is 29.5 Å². The second-order valence-corrected chi connectivity index (χ2v) is 15.1. The van der Waals surface area contributed by atoms with E-state index in [1.165, 1.54) is 32.2 Å². The number of aromatic nitrogens is 4. The Morgan fingerprint density at radius 3 is 1.76 bits per heavy atom. The highest BCUT2D eigenvalue weighted by Gasteiger charge is 2.43. The van der Waals surface area contributed by atoms with Crippen LogP contribution in [0.4, 0.5) is 9.18 Å². The Labute approximate surface area is 335 Å². The molecule has 4 N–H and O–H groups in total. The third-order valence-electron chi connectivity index (χ3n) is 11.4. The molecular weight excluding hydrogens is 738 g/mol. The van der Waals surface area contributed by atoms with E-state index >= 15 is 0 Å². The molecule has 3 amide bonds. The third kappa shape index (κ3) is 7.24. The molecule has 58 heavy (non-hydrogen) atoms. The number of aromatic amines is 2. The summed E-state index contributed by atoms with van der Waals surface area (Å²) < 4.78 is 14.6. The number of hydrogen-bond acceptors (Lipinski definition) is 6. The lowest BCUT2D eigenvalue weighted by atomic mass is 9.93. The lowest BCUT2D eigenvalue weighted by Gasteiger charge is -2.32. The maximum absolute atomic E-state index is 14.6. The Balaban J connectivity index is 0.936. The van der Waals surface area contributed by atoms with E-state index in [0.29, 0.717) is 43.1 Å². The van der Waals surface area contributed by atoms with Gasteiger partial charge in [-0.15, -0.1) is 0 Å². The molecule has 2 fully saturated rings. The fraction of sp³-hybridized carbons (Fsp3) is 0.267. The number of rotatable bonds is 10. The van der Waals surface area contributed by atoms with Gasteiger partial charge in [0.15, 0.2) is 5.60 Å². The van der Waals surface area contributed by atoms with Crippen molar-refractivity contribution < 1.29 is 29.0 Å². The Morgan fingerprint density at radius 1 is 0.741 bits per heavy atom. The first-order valence-electron chi connectivity index (χ1n) is 19.4. The van der Waals surface area contributed by atoms with Crippen molar-refractivity contribution in [3.63, 3.8) is 0 Å². The van der Waals surface area contributed by atoms with Crippen LogP contribution >= 0.6 is 0 Å². The lowest BCUT2D eigenvalue weighted by molar-refractivity contribution is -0.152. The number of aliphatic hydroxyl groups is 1. The first kappa shape index (κ1) is 38.3. The van der Waals surface area contributed by atoms with Crippen LogP contribution in [0.3, 0.4) is 0 Å². The van der Waals surface area contributed by atoms with Gasteiger partial charge in [0.05, 0.1) is 35.9 Å². The third-order valence-corrected chi connectivity index (χ3v) is 11.4. The second kappa shape index (κ2) is 15.7. The van der Waals surface area contributed by atoms with Gasteiger partial charge >= 0.3 is 6.09 Å². The fourth-order valence-electron chi connectivity index (χ4n) is 8.28. The van der Waals surface area contributed by atoms with Gasteiger partial charge in [-0.3, -0.25) is 14.5 Å². The number of likely N-dealkylation sites (tertiary alicyclic amines) is 2. The normalized spacial score (nSPS) is 18.2. The minimum Gasteiger partial charge on any atom is -0.465 e. The van der Waals surface area contributed by atoms with Crippen LogP contribution in [0.15, 0.2) is 116 Å². The molecule has 0 bridgehead atoms. The van der Waals surface area contributed by atoms with Crippen molar-refractivity contribution in [3.05, 3.63) is 144 Å². The van der Waals surface area contributed by atoms with E-state index in [1.54, 1.807) is 52.5 Å². The molecule has 6 aromatic rings. The zero-order valence-corrected chi connectivity index (χ0v) is 32.2. The molecule has 2 aliphatic rings. The van der Waals surface area contributed by atoms with Crippen molar-refractivity contribution >= 4 is 17.9 Å². The summed E-state index contributed by atoms with van der Waals surface area (Å²) >= 11 is 0. The molecule has 0 aliphatic carbocycles. The van der Waals surface area contributed by atoms with Crippen molar-refractivity contribution in [1.29, 1.82) is 0 Å². The topological polar surface area (TPSA) is 159 Å². The maximum atomic E-state index is 14.6. The number of imidazole rings is 2. The van der Waals surface area contributed by atoms with Crippen LogP contribution in [-0.2, 0) is 15.2 Å². The molecule has 0 unspecified atom stereocenters. The average molecular weight is 782 g/mol. The highest BCUT2D eigenvalue weighted by Crippen LogP contribution is 2.38. The molecule has 2 saturated heterocycles. The summed E-state index contributed by atoms with van der Waals surface area (Å²) in [5, 5.41) is 21.0. The van der Waals surface area contributed by atoms with E-state index in [4.69, 9.17) is 0 Å². The molecule has 296 valence electrons. The molecule has 0 radical (unpaired) electrons. The van der Waals surface area contributed by atoms with Gasteiger partial charge in [-0.25, -0.2) is 19.2 Å². The first-order chi connectivity index (χ1) is 28.0. The maximum Gasteiger partial charge on any atom is 0.407 e. The summed E-state index contributed by atoms with van der Waals surface area (Å²) in [7, 11) is 1.42. The van der Waals surface area contributed by atoms with Crippen molar-refractivity contribution in [2.24, 2.45) is 0 Å². The zero-order valence-electron chi connectivity index (χ0n) is 32.2. The van der Waals surface area contributed by atoms with Crippen LogP contribution in [0, 0.1) is 5.82 Å². The largest absolute Gasteiger partial charge is 0.465 e. The second-order valence-electron chi connectivity index (χ2n) is 15.1. The smallest absolute Gasteiger partial charge is 0.407 e. The van der Waals surface area contributed by atoms with E-state index in [1.807, 2.05) is 54.6 Å². The zero-order chi connectivity index (χ0) is 40.6. The summed E-state index contributed by atoms with van der Waals surface area (Å²) in [6, 6.07) is 29.3. The van der Waals surface area contributed by atoms with Gasteiger partial charge in [-0.2, -0.15) is 0 Å². The molecule has 12 nitrogen and oxygen atoms in total. The van der Waals surface area contributed by atoms with Crippen molar-refractivity contribution in [2.75, 3.05) is 20.1 Å². The first-order valence-corrected chi connectivity index (χ1v) is 19.4. The summed E-state index contributed by atoms with van der Waals surface area (Å²) in [5.74, 6) is -0.196.